The Bertz CT molecular complexity index is 70.9. The van der Waals surface area contributed by atoms with Crippen LogP contribution in [0.15, 0.2) is 12.7 Å². The quantitative estimate of drug-likeness (QED) is 0.313. The number of hydrogen-bond acceptors (Lipinski definition) is 4. The van der Waals surface area contributed by atoms with Crippen molar-refractivity contribution in [2.75, 3.05) is 5.75 Å². The van der Waals surface area contributed by atoms with E-state index in [9.17, 15) is 0 Å². The maximum absolute atomic E-state index is 8.48. The van der Waals surface area contributed by atoms with E-state index < -0.39 is 8.25 Å². The van der Waals surface area contributed by atoms with Gasteiger partial charge in [-0.1, -0.05) is 10.6 Å². The van der Waals surface area contributed by atoms with Gasteiger partial charge in [-0.05, 0) is 0 Å². The molecule has 0 saturated carbocycles. The summed E-state index contributed by atoms with van der Waals surface area (Å²) >= 11 is 3.80. The summed E-state index contributed by atoms with van der Waals surface area (Å²) in [5, 5.41) is 0. The summed E-state index contributed by atoms with van der Waals surface area (Å²) in [5.41, 5.74) is 0. The molecule has 0 rings (SSSR count). The predicted octanol–water partition coefficient (Wildman–Crippen LogP) is -0.533. The second-order valence-electron chi connectivity index (χ2n) is 0.695. The summed E-state index contributed by atoms with van der Waals surface area (Å²) < 4.78 is 8.48. The average Bonchev–Trinajstić information content (AvgIpc) is 1.65. The Morgan fingerprint density at radius 2 is 1.88 bits per heavy atom. The van der Waals surface area contributed by atoms with E-state index in [0.717, 1.165) is 5.75 Å². The molecule has 0 aromatic carbocycles. The Balaban J connectivity index is 0. The first-order chi connectivity index (χ1) is 3.65. The molecule has 48 valence electrons. The third kappa shape index (κ3) is 129. The van der Waals surface area contributed by atoms with E-state index in [-0.39, 0.29) is 0 Å². The van der Waals surface area contributed by atoms with Gasteiger partial charge in [0.05, 0.1) is 0 Å². The first kappa shape index (κ1) is 11.0. The Labute approximate surface area is 54.4 Å². The Morgan fingerprint density at radius 1 is 1.75 bits per heavy atom. The van der Waals surface area contributed by atoms with Crippen LogP contribution < -0.4 is 9.79 Å². The molecule has 0 radical (unpaired) electrons. The van der Waals surface area contributed by atoms with Crippen molar-refractivity contribution < 1.29 is 14.4 Å². The molecular formula is C3H6O3PS-. The van der Waals surface area contributed by atoms with Gasteiger partial charge in [0.15, 0.2) is 0 Å². The van der Waals surface area contributed by atoms with Crippen molar-refractivity contribution in [1.82, 2.24) is 0 Å². The molecule has 5 heteroatoms. The van der Waals surface area contributed by atoms with Crippen molar-refractivity contribution >= 4 is 20.9 Å². The molecule has 0 aliphatic heterocycles. The third-order valence-electron chi connectivity index (χ3n) is 0.129. The van der Waals surface area contributed by atoms with E-state index in [1.54, 1.807) is 6.08 Å². The Hall–Kier alpha value is 0.110. The van der Waals surface area contributed by atoms with Crippen LogP contribution in [0.25, 0.3) is 0 Å². The van der Waals surface area contributed by atoms with Crippen molar-refractivity contribution in [3.05, 3.63) is 12.7 Å². The topological polar surface area (TPSA) is 63.2 Å². The van der Waals surface area contributed by atoms with Crippen LogP contribution >= 0.6 is 20.9 Å². The third-order valence-corrected chi connectivity index (χ3v) is 0.387. The summed E-state index contributed by atoms with van der Waals surface area (Å²) in [4.78, 5) is 17.0. The fourth-order valence-electron chi connectivity index (χ4n) is 0. The van der Waals surface area contributed by atoms with Crippen molar-refractivity contribution in [2.24, 2.45) is 0 Å². The molecule has 0 atom stereocenters. The first-order valence-electron chi connectivity index (χ1n) is 1.68. The molecule has 0 fully saturated rings. The fourth-order valence-corrected chi connectivity index (χ4v) is 0. The lowest BCUT2D eigenvalue weighted by atomic mass is 10.8. The number of rotatable bonds is 1. The Kier molecular flexibility index (Phi) is 14.0. The standard InChI is InChI=1S/C3H6S.HO3P/c1-2-3-4;1-4(2)3/h2,4H,1,3H2;(H,1,2,3)/p-1. The minimum atomic E-state index is -3.37. The molecule has 0 aliphatic rings. The highest BCUT2D eigenvalue weighted by molar-refractivity contribution is 7.80. The molecule has 0 amide bonds. The lowest BCUT2D eigenvalue weighted by Crippen LogP contribution is -1.97. The van der Waals surface area contributed by atoms with Crippen LogP contribution in [0.5, 0.6) is 0 Å². The lowest BCUT2D eigenvalue weighted by molar-refractivity contribution is -0.297. The first-order valence-corrected chi connectivity index (χ1v) is 3.41. The summed E-state index contributed by atoms with van der Waals surface area (Å²) in [6.45, 7) is 3.40. The molecule has 8 heavy (non-hydrogen) atoms. The van der Waals surface area contributed by atoms with E-state index >= 15 is 0 Å². The second kappa shape index (κ2) is 10.2. The van der Waals surface area contributed by atoms with Gasteiger partial charge in [-0.15, -0.1) is 6.58 Å². The van der Waals surface area contributed by atoms with Gasteiger partial charge < -0.3 is 9.79 Å². The SMILES string of the molecule is C=CCS.O=[P+]([O-])[O-]. The smallest absolute Gasteiger partial charge is 0.276 e. The van der Waals surface area contributed by atoms with E-state index in [2.05, 4.69) is 19.2 Å². The van der Waals surface area contributed by atoms with E-state index in [1.165, 1.54) is 0 Å². The van der Waals surface area contributed by atoms with Gasteiger partial charge in [-0.2, -0.15) is 12.6 Å². The molecule has 0 aromatic rings. The molecule has 0 unspecified atom stereocenters. The van der Waals surface area contributed by atoms with Gasteiger partial charge in [0.25, 0.3) is 8.25 Å². The van der Waals surface area contributed by atoms with Crippen LogP contribution in [-0.4, -0.2) is 5.75 Å². The van der Waals surface area contributed by atoms with Crippen LogP contribution in [0.1, 0.15) is 0 Å². The van der Waals surface area contributed by atoms with Gasteiger partial charge >= 0.3 is 0 Å². The monoisotopic (exact) mass is 153 g/mol. The molecule has 0 bridgehead atoms. The van der Waals surface area contributed by atoms with Gasteiger partial charge in [0.1, 0.15) is 0 Å². The van der Waals surface area contributed by atoms with E-state index in [0.29, 0.717) is 0 Å². The van der Waals surface area contributed by atoms with Crippen molar-refractivity contribution in [3.63, 3.8) is 0 Å². The minimum Gasteiger partial charge on any atom is -0.598 e. The molecule has 0 heterocycles. The summed E-state index contributed by atoms with van der Waals surface area (Å²) in [5.74, 6) is 0.778. The van der Waals surface area contributed by atoms with Gasteiger partial charge in [-0.25, -0.2) is 0 Å². The maximum Gasteiger partial charge on any atom is 0.276 e. The lowest BCUT2D eigenvalue weighted by Gasteiger charge is -1.75. The average molecular weight is 153 g/mol. The molecular weight excluding hydrogens is 147 g/mol. The highest BCUT2D eigenvalue weighted by atomic mass is 32.1. The molecule has 0 spiro atoms. The van der Waals surface area contributed by atoms with Gasteiger partial charge in [0.2, 0.25) is 0 Å². The van der Waals surface area contributed by atoms with E-state index in [4.69, 9.17) is 14.4 Å². The van der Waals surface area contributed by atoms with Crippen LogP contribution in [-0.2, 0) is 4.57 Å². The highest BCUT2D eigenvalue weighted by Gasteiger charge is 1.53. The van der Waals surface area contributed by atoms with Crippen LogP contribution in [0, 0.1) is 0 Å². The normalized spacial score (nSPS) is 6.38. The number of thiol groups is 1. The molecule has 0 N–H and O–H groups in total. The minimum absolute atomic E-state index is 0.778. The predicted molar refractivity (Wildman–Crippen MR) is 31.7 cm³/mol. The van der Waals surface area contributed by atoms with Crippen LogP contribution in [0.4, 0.5) is 0 Å². The molecule has 3 nitrogen and oxygen atoms in total. The van der Waals surface area contributed by atoms with Crippen LogP contribution in [0.3, 0.4) is 0 Å². The zero-order valence-electron chi connectivity index (χ0n) is 4.11. The summed E-state index contributed by atoms with van der Waals surface area (Å²) in [6.07, 6.45) is 1.74. The zero-order valence-corrected chi connectivity index (χ0v) is 5.90. The largest absolute Gasteiger partial charge is 0.598 e. The van der Waals surface area contributed by atoms with Crippen molar-refractivity contribution in [2.45, 2.75) is 0 Å². The molecule has 0 aromatic heterocycles. The summed E-state index contributed by atoms with van der Waals surface area (Å²) in [6, 6.07) is 0. The van der Waals surface area contributed by atoms with Gasteiger partial charge in [0, 0.05) is 5.75 Å². The van der Waals surface area contributed by atoms with Crippen LogP contribution in [0.2, 0.25) is 0 Å². The van der Waals surface area contributed by atoms with Crippen molar-refractivity contribution in [3.8, 4) is 0 Å². The van der Waals surface area contributed by atoms with E-state index in [1.807, 2.05) is 0 Å². The fraction of sp³-hybridized carbons (Fsp3) is 0.333. The highest BCUT2D eigenvalue weighted by Crippen LogP contribution is 1.79. The summed E-state index contributed by atoms with van der Waals surface area (Å²) in [7, 11) is -3.37. The Morgan fingerprint density at radius 3 is 1.88 bits per heavy atom. The number of hydrogen-bond donors (Lipinski definition) is 1. The molecule has 0 saturated heterocycles. The van der Waals surface area contributed by atoms with Gasteiger partial charge in [-0.3, -0.25) is 0 Å². The molecule has 0 aliphatic carbocycles. The zero-order chi connectivity index (χ0) is 6.99. The second-order valence-corrected chi connectivity index (χ2v) is 1.51. The van der Waals surface area contributed by atoms with Crippen molar-refractivity contribution in [1.29, 1.82) is 0 Å². The maximum atomic E-state index is 8.48.